The molecule has 0 saturated heterocycles. The van der Waals surface area contributed by atoms with E-state index in [9.17, 15) is 23.2 Å². The number of rotatable bonds is 7. The molecular weight excluding hydrogens is 242 g/mol. The van der Waals surface area contributed by atoms with Crippen LogP contribution in [-0.4, -0.2) is 47.2 Å². The van der Waals surface area contributed by atoms with E-state index in [-0.39, 0.29) is 6.42 Å². The fourth-order valence-corrected chi connectivity index (χ4v) is 0.904. The van der Waals surface area contributed by atoms with Gasteiger partial charge in [-0.3, -0.25) is 4.79 Å². The number of halogens is 2. The molecule has 0 aliphatic heterocycles. The van der Waals surface area contributed by atoms with E-state index < -0.39 is 43.4 Å². The molecule has 17 heavy (non-hydrogen) atoms. The van der Waals surface area contributed by atoms with Crippen LogP contribution in [-0.2, 0) is 9.59 Å². The van der Waals surface area contributed by atoms with Crippen molar-refractivity contribution in [3.05, 3.63) is 0 Å². The third-order valence-corrected chi connectivity index (χ3v) is 1.67. The predicted molar refractivity (Wildman–Crippen MR) is 50.8 cm³/mol. The summed E-state index contributed by atoms with van der Waals surface area (Å²) in [6.07, 6.45) is -3.53. The highest BCUT2D eigenvalue weighted by atomic mass is 19.3. The summed E-state index contributed by atoms with van der Waals surface area (Å²) in [5, 5.41) is 20.6. The monoisotopic (exact) mass is 254 g/mol. The highest BCUT2D eigenvalue weighted by Gasteiger charge is 2.21. The number of carboxylic acids is 2. The zero-order chi connectivity index (χ0) is 13.4. The molecule has 1 unspecified atom stereocenters. The molecule has 0 aliphatic rings. The Kier molecular flexibility index (Phi) is 6.53. The highest BCUT2D eigenvalue weighted by molar-refractivity contribution is 5.82. The van der Waals surface area contributed by atoms with E-state index in [1.54, 1.807) is 5.32 Å². The summed E-state index contributed by atoms with van der Waals surface area (Å²) in [5.41, 5.74) is 0. The molecule has 0 aromatic carbocycles. The van der Waals surface area contributed by atoms with Crippen LogP contribution in [0.3, 0.4) is 0 Å². The Hall–Kier alpha value is -1.93. The first-order chi connectivity index (χ1) is 7.82. The number of aliphatic carboxylic acids is 2. The Morgan fingerprint density at radius 2 is 1.76 bits per heavy atom. The lowest BCUT2D eigenvalue weighted by Gasteiger charge is -2.13. The number of hydrogen-bond donors (Lipinski definition) is 4. The van der Waals surface area contributed by atoms with Gasteiger partial charge in [0.1, 0.15) is 6.04 Å². The van der Waals surface area contributed by atoms with Crippen molar-refractivity contribution in [1.29, 1.82) is 0 Å². The van der Waals surface area contributed by atoms with Gasteiger partial charge in [-0.05, 0) is 6.42 Å². The maximum atomic E-state index is 11.7. The van der Waals surface area contributed by atoms with Crippen LogP contribution >= 0.6 is 0 Å². The number of amides is 2. The van der Waals surface area contributed by atoms with E-state index in [1.807, 2.05) is 5.32 Å². The second-order valence-electron chi connectivity index (χ2n) is 3.07. The van der Waals surface area contributed by atoms with Gasteiger partial charge in [-0.25, -0.2) is 18.4 Å². The number of carboxylic acid groups (broad SMARTS) is 2. The molecule has 0 bridgehead atoms. The van der Waals surface area contributed by atoms with Crippen LogP contribution in [0.4, 0.5) is 13.6 Å². The lowest BCUT2D eigenvalue weighted by Crippen LogP contribution is -2.47. The predicted octanol–water partition coefficient (Wildman–Crippen LogP) is -0.131. The Balaban J connectivity index is 4.11. The van der Waals surface area contributed by atoms with Gasteiger partial charge in [-0.2, -0.15) is 0 Å². The first-order valence-electron chi connectivity index (χ1n) is 4.60. The summed E-state index contributed by atoms with van der Waals surface area (Å²) in [4.78, 5) is 31.7. The standard InChI is InChI=1S/C8H12F2N2O5/c9-5(10)3-11-8(17)12-4(7(15)16)1-2-6(13)14/h4-5H,1-3H2,(H,13,14)(H,15,16)(H2,11,12,17). The van der Waals surface area contributed by atoms with Crippen molar-refractivity contribution in [2.24, 2.45) is 0 Å². The number of carbonyl (C=O) groups is 3. The maximum Gasteiger partial charge on any atom is 0.326 e. The zero-order valence-electron chi connectivity index (χ0n) is 8.65. The molecule has 0 fully saturated rings. The first kappa shape index (κ1) is 15.1. The molecular formula is C8H12F2N2O5. The molecule has 9 heteroatoms. The molecule has 4 N–H and O–H groups in total. The second-order valence-corrected chi connectivity index (χ2v) is 3.07. The van der Waals surface area contributed by atoms with Gasteiger partial charge in [-0.1, -0.05) is 0 Å². The molecule has 0 heterocycles. The Morgan fingerprint density at radius 3 is 2.18 bits per heavy atom. The minimum Gasteiger partial charge on any atom is -0.481 e. The van der Waals surface area contributed by atoms with Gasteiger partial charge in [0.05, 0.1) is 6.54 Å². The summed E-state index contributed by atoms with van der Waals surface area (Å²) in [7, 11) is 0. The minimum absolute atomic E-state index is 0.327. The lowest BCUT2D eigenvalue weighted by molar-refractivity contribution is -0.140. The summed E-state index contributed by atoms with van der Waals surface area (Å²) >= 11 is 0. The number of nitrogens with one attached hydrogen (secondary N) is 2. The van der Waals surface area contributed by atoms with Crippen LogP contribution in [0, 0.1) is 0 Å². The van der Waals surface area contributed by atoms with Crippen LogP contribution in [0.15, 0.2) is 0 Å². The average Bonchev–Trinajstić information content (AvgIpc) is 2.20. The van der Waals surface area contributed by atoms with Crippen LogP contribution in [0.5, 0.6) is 0 Å². The molecule has 0 rings (SSSR count). The third-order valence-electron chi connectivity index (χ3n) is 1.67. The van der Waals surface area contributed by atoms with Crippen molar-refractivity contribution in [3.8, 4) is 0 Å². The van der Waals surface area contributed by atoms with E-state index in [0.717, 1.165) is 0 Å². The smallest absolute Gasteiger partial charge is 0.326 e. The number of hydrogen-bond acceptors (Lipinski definition) is 3. The molecule has 1 atom stereocenters. The van der Waals surface area contributed by atoms with Crippen molar-refractivity contribution in [2.75, 3.05) is 6.54 Å². The Morgan fingerprint density at radius 1 is 1.18 bits per heavy atom. The SMILES string of the molecule is O=C(O)CCC(NC(=O)NCC(F)F)C(=O)O. The molecule has 0 aliphatic carbocycles. The maximum absolute atomic E-state index is 11.7. The topological polar surface area (TPSA) is 116 Å². The van der Waals surface area contributed by atoms with Gasteiger partial charge in [0.25, 0.3) is 6.43 Å². The van der Waals surface area contributed by atoms with Gasteiger partial charge in [0.2, 0.25) is 0 Å². The molecule has 0 spiro atoms. The largest absolute Gasteiger partial charge is 0.481 e. The summed E-state index contributed by atoms with van der Waals surface area (Å²) in [6.45, 7) is -0.906. The number of carbonyl (C=O) groups excluding carboxylic acids is 1. The van der Waals surface area contributed by atoms with Gasteiger partial charge in [0.15, 0.2) is 0 Å². The van der Waals surface area contributed by atoms with E-state index in [4.69, 9.17) is 10.2 Å². The summed E-state index contributed by atoms with van der Waals surface area (Å²) in [6, 6.07) is -2.51. The van der Waals surface area contributed by atoms with E-state index in [0.29, 0.717) is 0 Å². The highest BCUT2D eigenvalue weighted by Crippen LogP contribution is 1.98. The van der Waals surface area contributed by atoms with Crippen LogP contribution in [0.2, 0.25) is 0 Å². The molecule has 2 amide bonds. The van der Waals surface area contributed by atoms with Crippen molar-refractivity contribution in [2.45, 2.75) is 25.3 Å². The summed E-state index contributed by atoms with van der Waals surface area (Å²) < 4.78 is 23.4. The van der Waals surface area contributed by atoms with Gasteiger partial charge >= 0.3 is 18.0 Å². The fourth-order valence-electron chi connectivity index (χ4n) is 0.904. The average molecular weight is 254 g/mol. The normalized spacial score (nSPS) is 11.9. The molecule has 0 aromatic heterocycles. The second kappa shape index (κ2) is 7.36. The third kappa shape index (κ3) is 7.94. The van der Waals surface area contributed by atoms with Crippen molar-refractivity contribution in [3.63, 3.8) is 0 Å². The van der Waals surface area contributed by atoms with E-state index >= 15 is 0 Å². The Bertz CT molecular complexity index is 298. The van der Waals surface area contributed by atoms with Gasteiger partial charge in [0, 0.05) is 6.42 Å². The quantitative estimate of drug-likeness (QED) is 0.505. The fraction of sp³-hybridized carbons (Fsp3) is 0.625. The van der Waals surface area contributed by atoms with Crippen LogP contribution in [0.1, 0.15) is 12.8 Å². The molecule has 7 nitrogen and oxygen atoms in total. The minimum atomic E-state index is -2.75. The van der Waals surface area contributed by atoms with Crippen molar-refractivity contribution < 1.29 is 33.4 Å². The molecule has 0 radical (unpaired) electrons. The van der Waals surface area contributed by atoms with Crippen LogP contribution < -0.4 is 10.6 Å². The van der Waals surface area contributed by atoms with Crippen molar-refractivity contribution >= 4 is 18.0 Å². The number of urea groups is 1. The number of alkyl halides is 2. The summed E-state index contributed by atoms with van der Waals surface area (Å²) in [5.74, 6) is -2.65. The molecule has 98 valence electrons. The van der Waals surface area contributed by atoms with Crippen molar-refractivity contribution in [1.82, 2.24) is 10.6 Å². The lowest BCUT2D eigenvalue weighted by atomic mass is 10.1. The van der Waals surface area contributed by atoms with Gasteiger partial charge in [-0.15, -0.1) is 0 Å². The van der Waals surface area contributed by atoms with Crippen LogP contribution in [0.25, 0.3) is 0 Å². The first-order valence-corrected chi connectivity index (χ1v) is 4.60. The van der Waals surface area contributed by atoms with E-state index in [2.05, 4.69) is 0 Å². The van der Waals surface area contributed by atoms with E-state index in [1.165, 1.54) is 0 Å². The Labute approximate surface area is 94.8 Å². The molecule has 0 saturated carbocycles. The molecule has 0 aromatic rings. The van der Waals surface area contributed by atoms with Gasteiger partial charge < -0.3 is 20.8 Å². The zero-order valence-corrected chi connectivity index (χ0v) is 8.65.